The molecule has 1 saturated heterocycles. The van der Waals surface area contributed by atoms with Crippen LogP contribution in [0.25, 0.3) is 5.57 Å². The van der Waals surface area contributed by atoms with Crippen LogP contribution in [0.5, 0.6) is 0 Å². The Bertz CT molecular complexity index is 712. The summed E-state index contributed by atoms with van der Waals surface area (Å²) in [5, 5.41) is 2.73. The highest BCUT2D eigenvalue weighted by Gasteiger charge is 2.22. The number of ether oxygens (including phenoxy) is 1. The van der Waals surface area contributed by atoms with Crippen molar-refractivity contribution in [1.82, 2.24) is 14.9 Å². The molecule has 1 N–H and O–H groups in total. The molecule has 2 aliphatic rings. The molecule has 0 saturated carbocycles. The van der Waals surface area contributed by atoms with Crippen LogP contribution in [0.1, 0.15) is 31.4 Å². The quantitative estimate of drug-likeness (QED) is 0.890. The zero-order valence-electron chi connectivity index (χ0n) is 13.6. The fraction of sp³-hybridized carbons (Fsp3) is 0.412. The largest absolute Gasteiger partial charge is 0.500 e. The second kappa shape index (κ2) is 7.25. The van der Waals surface area contributed by atoms with E-state index in [1.807, 2.05) is 6.08 Å². The number of hydrogen-bond donors (Lipinski definition) is 1. The molecule has 2 amide bonds. The van der Waals surface area contributed by atoms with Crippen LogP contribution in [0.4, 0.5) is 5.82 Å². The molecule has 1 fully saturated rings. The lowest BCUT2D eigenvalue weighted by Gasteiger charge is -2.16. The molecule has 1 aromatic heterocycles. The Morgan fingerprint density at radius 1 is 1.38 bits per heavy atom. The molecule has 0 spiro atoms. The molecule has 3 rings (SSSR count). The maximum Gasteiger partial charge on any atom is 0.245 e. The average Bonchev–Trinajstić information content (AvgIpc) is 2.99. The summed E-state index contributed by atoms with van der Waals surface area (Å²) < 4.78 is 5.42. The molecule has 2 heterocycles. The highest BCUT2D eigenvalue weighted by atomic mass is 16.5. The summed E-state index contributed by atoms with van der Waals surface area (Å²) in [6.07, 6.45) is 8.54. The van der Waals surface area contributed by atoms with Gasteiger partial charge in [-0.15, -0.1) is 0 Å². The minimum absolute atomic E-state index is 0.0239. The van der Waals surface area contributed by atoms with Crippen LogP contribution in [-0.2, 0) is 14.3 Å². The Labute approximate surface area is 140 Å². The van der Waals surface area contributed by atoms with Gasteiger partial charge in [-0.2, -0.15) is 0 Å². The Hall–Kier alpha value is -2.70. The monoisotopic (exact) mass is 328 g/mol. The predicted molar refractivity (Wildman–Crippen MR) is 88.8 cm³/mol. The molecule has 1 aromatic rings. The topological polar surface area (TPSA) is 84.4 Å². The number of carbonyl (C=O) groups excluding carboxylic acids is 2. The number of allylic oxidation sites excluding steroid dienone is 4. The fourth-order valence-electron chi connectivity index (χ4n) is 2.88. The summed E-state index contributed by atoms with van der Waals surface area (Å²) in [6.45, 7) is 0.695. The normalized spacial score (nSPS) is 17.4. The van der Waals surface area contributed by atoms with E-state index in [9.17, 15) is 9.59 Å². The van der Waals surface area contributed by atoms with Crippen molar-refractivity contribution in [3.63, 3.8) is 0 Å². The Kier molecular flexibility index (Phi) is 4.88. The first-order valence-electron chi connectivity index (χ1n) is 8.01. The average molecular weight is 328 g/mol. The van der Waals surface area contributed by atoms with Crippen LogP contribution in [0.3, 0.4) is 0 Å². The standard InChI is InChI=1S/C17H20N4O3/c1-24-14-6-3-2-5-12(14)13-9-15(19-11-18-13)20-16(22)10-21-8-4-7-17(21)23/h2,5,9,11H,3-4,6-8,10H2,1H3,(H,18,19,20,22). The lowest BCUT2D eigenvalue weighted by atomic mass is 10.0. The molecule has 126 valence electrons. The van der Waals surface area contributed by atoms with Gasteiger partial charge in [0.1, 0.15) is 17.9 Å². The van der Waals surface area contributed by atoms with Crippen molar-refractivity contribution in [3.05, 3.63) is 36.0 Å². The van der Waals surface area contributed by atoms with Crippen LogP contribution in [0, 0.1) is 0 Å². The summed E-state index contributed by atoms with van der Waals surface area (Å²) in [4.78, 5) is 33.6. The van der Waals surface area contributed by atoms with E-state index >= 15 is 0 Å². The lowest BCUT2D eigenvalue weighted by molar-refractivity contribution is -0.131. The predicted octanol–water partition coefficient (Wildman–Crippen LogP) is 1.74. The van der Waals surface area contributed by atoms with Gasteiger partial charge in [0.05, 0.1) is 19.3 Å². The molecule has 1 aliphatic heterocycles. The second-order valence-electron chi connectivity index (χ2n) is 5.74. The number of rotatable bonds is 5. The minimum Gasteiger partial charge on any atom is -0.500 e. The summed E-state index contributed by atoms with van der Waals surface area (Å²) in [5.74, 6) is 1.06. The molecule has 0 atom stereocenters. The van der Waals surface area contributed by atoms with E-state index in [0.717, 1.165) is 30.6 Å². The number of nitrogens with zero attached hydrogens (tertiary/aromatic N) is 3. The van der Waals surface area contributed by atoms with Crippen molar-refractivity contribution in [2.24, 2.45) is 0 Å². The van der Waals surface area contributed by atoms with Crippen LogP contribution in [-0.4, -0.2) is 46.9 Å². The van der Waals surface area contributed by atoms with E-state index in [0.29, 0.717) is 24.5 Å². The first kappa shape index (κ1) is 16.2. The van der Waals surface area contributed by atoms with E-state index in [4.69, 9.17) is 4.74 Å². The third kappa shape index (κ3) is 3.61. The van der Waals surface area contributed by atoms with Gasteiger partial charge in [0.15, 0.2) is 0 Å². The van der Waals surface area contributed by atoms with Crippen LogP contribution in [0.15, 0.2) is 30.3 Å². The molecular formula is C17H20N4O3. The number of aromatic nitrogens is 2. The number of carbonyl (C=O) groups is 2. The lowest BCUT2D eigenvalue weighted by Crippen LogP contribution is -2.34. The molecule has 0 radical (unpaired) electrons. The number of methoxy groups -OCH3 is 1. The third-order valence-electron chi connectivity index (χ3n) is 4.09. The Morgan fingerprint density at radius 2 is 2.25 bits per heavy atom. The number of nitrogens with one attached hydrogen (secondary N) is 1. The van der Waals surface area contributed by atoms with Crippen molar-refractivity contribution in [3.8, 4) is 0 Å². The fourth-order valence-corrected chi connectivity index (χ4v) is 2.88. The maximum absolute atomic E-state index is 12.1. The first-order chi connectivity index (χ1) is 11.7. The number of amides is 2. The van der Waals surface area contributed by atoms with E-state index in [2.05, 4.69) is 21.4 Å². The van der Waals surface area contributed by atoms with Crippen LogP contribution >= 0.6 is 0 Å². The molecule has 0 bridgehead atoms. The smallest absolute Gasteiger partial charge is 0.245 e. The van der Waals surface area contributed by atoms with E-state index < -0.39 is 0 Å². The van der Waals surface area contributed by atoms with Gasteiger partial charge in [-0.1, -0.05) is 12.2 Å². The van der Waals surface area contributed by atoms with Gasteiger partial charge in [0.2, 0.25) is 11.8 Å². The van der Waals surface area contributed by atoms with Gasteiger partial charge in [-0.25, -0.2) is 9.97 Å². The minimum atomic E-state index is -0.255. The van der Waals surface area contributed by atoms with Gasteiger partial charge < -0.3 is 15.0 Å². The van der Waals surface area contributed by atoms with Gasteiger partial charge in [-0.05, 0) is 12.8 Å². The molecule has 24 heavy (non-hydrogen) atoms. The molecular weight excluding hydrogens is 308 g/mol. The highest BCUT2D eigenvalue weighted by Crippen LogP contribution is 2.27. The van der Waals surface area contributed by atoms with E-state index in [1.165, 1.54) is 6.33 Å². The zero-order chi connectivity index (χ0) is 16.9. The molecule has 7 nitrogen and oxygen atoms in total. The van der Waals surface area contributed by atoms with Gasteiger partial charge in [-0.3, -0.25) is 9.59 Å². The molecule has 7 heteroatoms. The van der Waals surface area contributed by atoms with Crippen molar-refractivity contribution in [1.29, 1.82) is 0 Å². The SMILES string of the molecule is COC1=C(c2cc(NC(=O)CN3CCCC3=O)ncn2)C=CCC1. The molecule has 0 unspecified atom stereocenters. The third-order valence-corrected chi connectivity index (χ3v) is 4.09. The van der Waals surface area contributed by atoms with E-state index in [-0.39, 0.29) is 18.4 Å². The Balaban J connectivity index is 1.71. The van der Waals surface area contributed by atoms with Crippen LogP contribution < -0.4 is 5.32 Å². The zero-order valence-corrected chi connectivity index (χ0v) is 13.6. The molecule has 0 aromatic carbocycles. The van der Waals surface area contributed by atoms with Crippen molar-refractivity contribution < 1.29 is 14.3 Å². The highest BCUT2D eigenvalue weighted by molar-refractivity contribution is 5.94. The second-order valence-corrected chi connectivity index (χ2v) is 5.74. The van der Waals surface area contributed by atoms with Crippen molar-refractivity contribution >= 4 is 23.2 Å². The number of anilines is 1. The Morgan fingerprint density at radius 3 is 3.00 bits per heavy atom. The van der Waals surface area contributed by atoms with Crippen LogP contribution in [0.2, 0.25) is 0 Å². The maximum atomic E-state index is 12.1. The van der Waals surface area contributed by atoms with Gasteiger partial charge in [0, 0.05) is 31.0 Å². The van der Waals surface area contributed by atoms with E-state index in [1.54, 1.807) is 18.1 Å². The van der Waals surface area contributed by atoms with Crippen molar-refractivity contribution in [2.45, 2.75) is 25.7 Å². The number of likely N-dealkylation sites (tertiary alicyclic amines) is 1. The first-order valence-corrected chi connectivity index (χ1v) is 8.01. The number of hydrogen-bond acceptors (Lipinski definition) is 5. The summed E-state index contributed by atoms with van der Waals surface area (Å²) >= 11 is 0. The summed E-state index contributed by atoms with van der Waals surface area (Å²) in [5.41, 5.74) is 1.60. The summed E-state index contributed by atoms with van der Waals surface area (Å²) in [7, 11) is 1.64. The molecule has 1 aliphatic carbocycles. The summed E-state index contributed by atoms with van der Waals surface area (Å²) in [6, 6.07) is 1.72. The van der Waals surface area contributed by atoms with Gasteiger partial charge in [0.25, 0.3) is 0 Å². The van der Waals surface area contributed by atoms with Gasteiger partial charge >= 0.3 is 0 Å². The van der Waals surface area contributed by atoms with Crippen molar-refractivity contribution in [2.75, 3.05) is 25.5 Å².